The maximum absolute atomic E-state index is 10.1. The van der Waals surface area contributed by atoms with Crippen LogP contribution in [0.4, 0.5) is 0 Å². The summed E-state index contributed by atoms with van der Waals surface area (Å²) in [6.45, 7) is 4.70. The molecule has 4 nitrogen and oxygen atoms in total. The van der Waals surface area contributed by atoms with Gasteiger partial charge in [0, 0.05) is 13.1 Å². The molecule has 1 rings (SSSR count). The number of para-hydroxylation sites is 1. The zero-order chi connectivity index (χ0) is 15.9. The van der Waals surface area contributed by atoms with E-state index in [0.29, 0.717) is 41.7 Å². The van der Waals surface area contributed by atoms with E-state index < -0.39 is 11.7 Å². The van der Waals surface area contributed by atoms with Crippen molar-refractivity contribution >= 4 is 23.2 Å². The molecular formula is C15H23Cl2NO3. The van der Waals surface area contributed by atoms with Gasteiger partial charge in [0.25, 0.3) is 0 Å². The first-order valence-corrected chi connectivity index (χ1v) is 7.85. The first kappa shape index (κ1) is 18.5. The molecule has 21 heavy (non-hydrogen) atoms. The Labute approximate surface area is 136 Å². The SMILES string of the molecule is CCC(O)(CC)CNCC(O)COc1c(Cl)cccc1Cl. The minimum Gasteiger partial charge on any atom is -0.488 e. The summed E-state index contributed by atoms with van der Waals surface area (Å²) in [4.78, 5) is 0. The molecule has 1 unspecified atom stereocenters. The molecule has 1 aromatic rings. The molecule has 120 valence electrons. The molecule has 0 radical (unpaired) electrons. The number of halogens is 2. The van der Waals surface area contributed by atoms with Crippen LogP contribution in [0, 0.1) is 0 Å². The van der Waals surface area contributed by atoms with Crippen molar-refractivity contribution in [1.82, 2.24) is 5.32 Å². The van der Waals surface area contributed by atoms with Crippen LogP contribution in [0.3, 0.4) is 0 Å². The fraction of sp³-hybridized carbons (Fsp3) is 0.600. The number of hydrogen-bond acceptors (Lipinski definition) is 4. The summed E-state index contributed by atoms with van der Waals surface area (Å²) < 4.78 is 5.45. The van der Waals surface area contributed by atoms with E-state index >= 15 is 0 Å². The molecule has 1 aromatic carbocycles. The number of benzene rings is 1. The van der Waals surface area contributed by atoms with Crippen molar-refractivity contribution in [3.8, 4) is 5.75 Å². The van der Waals surface area contributed by atoms with Gasteiger partial charge in [0.05, 0.1) is 15.6 Å². The standard InChI is InChI=1S/C15H23Cl2NO3/c1-3-15(20,4-2)10-18-8-11(19)9-21-14-12(16)6-5-7-13(14)17/h5-7,11,18-20H,3-4,8-10H2,1-2H3. The smallest absolute Gasteiger partial charge is 0.156 e. The highest BCUT2D eigenvalue weighted by Crippen LogP contribution is 2.32. The van der Waals surface area contributed by atoms with Crippen LogP contribution in [0.5, 0.6) is 5.75 Å². The van der Waals surface area contributed by atoms with Crippen molar-refractivity contribution in [2.45, 2.75) is 38.4 Å². The molecule has 0 saturated heterocycles. The Kier molecular flexibility index (Phi) is 7.77. The lowest BCUT2D eigenvalue weighted by molar-refractivity contribution is 0.0270. The number of rotatable bonds is 9. The van der Waals surface area contributed by atoms with E-state index in [9.17, 15) is 10.2 Å². The zero-order valence-electron chi connectivity index (χ0n) is 12.4. The predicted molar refractivity (Wildman–Crippen MR) is 86.4 cm³/mol. The summed E-state index contributed by atoms with van der Waals surface area (Å²) in [5.74, 6) is 0.374. The highest BCUT2D eigenvalue weighted by atomic mass is 35.5. The molecule has 3 N–H and O–H groups in total. The van der Waals surface area contributed by atoms with Crippen LogP contribution >= 0.6 is 23.2 Å². The van der Waals surface area contributed by atoms with Crippen molar-refractivity contribution in [2.24, 2.45) is 0 Å². The molecule has 0 saturated carbocycles. The van der Waals surface area contributed by atoms with E-state index in [1.165, 1.54) is 0 Å². The Hall–Kier alpha value is -0.520. The molecule has 0 heterocycles. The van der Waals surface area contributed by atoms with Crippen LogP contribution < -0.4 is 10.1 Å². The van der Waals surface area contributed by atoms with E-state index in [0.717, 1.165) is 0 Å². The second-order valence-corrected chi connectivity index (χ2v) is 5.89. The summed E-state index contributed by atoms with van der Waals surface area (Å²) in [5.41, 5.74) is -0.730. The maximum atomic E-state index is 10.1. The number of ether oxygens (including phenoxy) is 1. The van der Waals surface area contributed by atoms with Gasteiger partial charge in [-0.25, -0.2) is 0 Å². The predicted octanol–water partition coefficient (Wildman–Crippen LogP) is 2.87. The third-order valence-electron chi connectivity index (χ3n) is 3.49. The van der Waals surface area contributed by atoms with E-state index in [4.69, 9.17) is 27.9 Å². The zero-order valence-corrected chi connectivity index (χ0v) is 13.9. The van der Waals surface area contributed by atoms with Crippen molar-refractivity contribution < 1.29 is 14.9 Å². The van der Waals surface area contributed by atoms with Gasteiger partial charge in [-0.15, -0.1) is 0 Å². The van der Waals surface area contributed by atoms with Crippen LogP contribution in [0.25, 0.3) is 0 Å². The van der Waals surface area contributed by atoms with Gasteiger partial charge in [-0.2, -0.15) is 0 Å². The lowest BCUT2D eigenvalue weighted by Crippen LogP contribution is -2.43. The van der Waals surface area contributed by atoms with E-state index in [2.05, 4.69) is 5.32 Å². The van der Waals surface area contributed by atoms with Crippen LogP contribution in [0.2, 0.25) is 10.0 Å². The van der Waals surface area contributed by atoms with Gasteiger partial charge in [-0.3, -0.25) is 0 Å². The lowest BCUT2D eigenvalue weighted by Gasteiger charge is -2.26. The van der Waals surface area contributed by atoms with Crippen LogP contribution in [0.15, 0.2) is 18.2 Å². The molecule has 0 aromatic heterocycles. The van der Waals surface area contributed by atoms with E-state index in [1.807, 2.05) is 13.8 Å². The number of aliphatic hydroxyl groups excluding tert-OH is 1. The fourth-order valence-corrected chi connectivity index (χ4v) is 2.34. The molecule has 1 atom stereocenters. The first-order valence-electron chi connectivity index (χ1n) is 7.10. The quantitative estimate of drug-likeness (QED) is 0.649. The molecule has 0 bridgehead atoms. The van der Waals surface area contributed by atoms with Crippen molar-refractivity contribution in [1.29, 1.82) is 0 Å². The topological polar surface area (TPSA) is 61.7 Å². The average molecular weight is 336 g/mol. The Balaban J connectivity index is 2.36. The molecule has 0 spiro atoms. The largest absolute Gasteiger partial charge is 0.488 e. The minimum atomic E-state index is -0.730. The van der Waals surface area contributed by atoms with Gasteiger partial charge >= 0.3 is 0 Å². The second kappa shape index (κ2) is 8.81. The molecule has 0 aliphatic heterocycles. The molecule has 0 fully saturated rings. The third kappa shape index (κ3) is 6.01. The number of hydrogen-bond donors (Lipinski definition) is 3. The minimum absolute atomic E-state index is 0.0765. The van der Waals surface area contributed by atoms with Crippen LogP contribution in [-0.2, 0) is 0 Å². The van der Waals surface area contributed by atoms with Gasteiger partial charge < -0.3 is 20.3 Å². The highest BCUT2D eigenvalue weighted by Gasteiger charge is 2.21. The molecule has 0 aliphatic carbocycles. The summed E-state index contributed by atoms with van der Waals surface area (Å²) >= 11 is 11.9. The molecule has 0 aliphatic rings. The van der Waals surface area contributed by atoms with Crippen molar-refractivity contribution in [3.05, 3.63) is 28.2 Å². The summed E-state index contributed by atoms with van der Waals surface area (Å²) in [7, 11) is 0. The Morgan fingerprint density at radius 2 is 1.81 bits per heavy atom. The summed E-state index contributed by atoms with van der Waals surface area (Å²) in [5, 5.41) is 23.9. The van der Waals surface area contributed by atoms with E-state index in [1.54, 1.807) is 18.2 Å². The number of nitrogens with one attached hydrogen (secondary N) is 1. The first-order chi connectivity index (χ1) is 9.91. The lowest BCUT2D eigenvalue weighted by atomic mass is 9.97. The Morgan fingerprint density at radius 3 is 2.33 bits per heavy atom. The molecule has 6 heteroatoms. The number of aliphatic hydroxyl groups is 2. The van der Waals surface area contributed by atoms with Gasteiger partial charge in [0.2, 0.25) is 0 Å². The van der Waals surface area contributed by atoms with Gasteiger partial charge in [-0.05, 0) is 25.0 Å². The summed E-state index contributed by atoms with van der Waals surface area (Å²) in [6, 6.07) is 5.08. The van der Waals surface area contributed by atoms with E-state index in [-0.39, 0.29) is 6.61 Å². The van der Waals surface area contributed by atoms with Gasteiger partial charge in [0.15, 0.2) is 5.75 Å². The summed E-state index contributed by atoms with van der Waals surface area (Å²) in [6.07, 6.45) is 0.617. The van der Waals surface area contributed by atoms with Crippen molar-refractivity contribution in [3.63, 3.8) is 0 Å². The monoisotopic (exact) mass is 335 g/mol. The normalized spacial score (nSPS) is 13.2. The average Bonchev–Trinajstić information content (AvgIpc) is 2.46. The molecular weight excluding hydrogens is 313 g/mol. The van der Waals surface area contributed by atoms with Crippen molar-refractivity contribution in [2.75, 3.05) is 19.7 Å². The van der Waals surface area contributed by atoms with Gasteiger partial charge in [-0.1, -0.05) is 43.1 Å². The Bertz CT molecular complexity index is 419. The highest BCUT2D eigenvalue weighted by molar-refractivity contribution is 6.37. The van der Waals surface area contributed by atoms with Crippen LogP contribution in [-0.4, -0.2) is 41.6 Å². The van der Waals surface area contributed by atoms with Gasteiger partial charge in [0.1, 0.15) is 12.7 Å². The Morgan fingerprint density at radius 1 is 1.24 bits per heavy atom. The second-order valence-electron chi connectivity index (χ2n) is 5.08. The fourth-order valence-electron chi connectivity index (χ4n) is 1.83. The molecule has 0 amide bonds. The third-order valence-corrected chi connectivity index (χ3v) is 4.08. The van der Waals surface area contributed by atoms with Crippen LogP contribution in [0.1, 0.15) is 26.7 Å². The maximum Gasteiger partial charge on any atom is 0.156 e.